The van der Waals surface area contributed by atoms with Crippen molar-refractivity contribution in [2.45, 2.75) is 64.8 Å². The third-order valence-corrected chi connectivity index (χ3v) is 7.11. The molecule has 1 heterocycles. The molecule has 0 bridgehead atoms. The third kappa shape index (κ3) is 6.98. The number of carbonyl (C=O) groups excluding carboxylic acids is 1. The summed E-state index contributed by atoms with van der Waals surface area (Å²) < 4.78 is 9.09. The number of para-hydroxylation sites is 1. The standard InChI is InChI=1S/C27H33BrN4O2S/c1-6-14-32-24(16-34-23-13-12-21(28)15-22(23)18(4)5)30-31-27(32)35-17-25(33)29-26-19(7-2)10-9-11-20(26)8-3/h6,9-13,15,18H,1,7-8,14,16-17H2,2-5H3,(H,29,33). The number of hydrogen-bond donors (Lipinski definition) is 1. The van der Waals surface area contributed by atoms with Gasteiger partial charge in [-0.25, -0.2) is 0 Å². The maximum atomic E-state index is 12.8. The van der Waals surface area contributed by atoms with Gasteiger partial charge in [0.05, 0.1) is 5.75 Å². The number of thioether (sulfide) groups is 1. The van der Waals surface area contributed by atoms with Crippen LogP contribution in [0, 0.1) is 0 Å². The predicted molar refractivity (Wildman–Crippen MR) is 147 cm³/mol. The molecule has 0 spiro atoms. The van der Waals surface area contributed by atoms with E-state index in [1.54, 1.807) is 6.08 Å². The number of nitrogens with zero attached hydrogens (tertiary/aromatic N) is 3. The van der Waals surface area contributed by atoms with E-state index < -0.39 is 0 Å². The van der Waals surface area contributed by atoms with E-state index in [0.29, 0.717) is 23.4 Å². The maximum Gasteiger partial charge on any atom is 0.234 e. The van der Waals surface area contributed by atoms with Crippen molar-refractivity contribution in [3.8, 4) is 5.75 Å². The van der Waals surface area contributed by atoms with E-state index in [1.807, 2.05) is 22.8 Å². The molecule has 3 rings (SSSR count). The Bertz CT molecular complexity index is 1150. The Morgan fingerprint density at radius 1 is 1.20 bits per heavy atom. The fraction of sp³-hybridized carbons (Fsp3) is 0.370. The van der Waals surface area contributed by atoms with Gasteiger partial charge in [0.1, 0.15) is 12.4 Å². The number of ether oxygens (including phenoxy) is 1. The first-order valence-electron chi connectivity index (χ1n) is 11.9. The number of amides is 1. The van der Waals surface area contributed by atoms with Gasteiger partial charge in [0.15, 0.2) is 11.0 Å². The van der Waals surface area contributed by atoms with Crippen molar-refractivity contribution < 1.29 is 9.53 Å². The zero-order valence-corrected chi connectivity index (χ0v) is 23.2. The van der Waals surface area contributed by atoms with Crippen LogP contribution in [0.5, 0.6) is 5.75 Å². The smallest absolute Gasteiger partial charge is 0.234 e. The molecule has 0 radical (unpaired) electrons. The molecular weight excluding hydrogens is 524 g/mol. The quantitative estimate of drug-likeness (QED) is 0.196. The van der Waals surface area contributed by atoms with Gasteiger partial charge in [0.25, 0.3) is 0 Å². The van der Waals surface area contributed by atoms with Gasteiger partial charge in [-0.15, -0.1) is 16.8 Å². The van der Waals surface area contributed by atoms with E-state index in [4.69, 9.17) is 4.74 Å². The zero-order valence-electron chi connectivity index (χ0n) is 20.8. The van der Waals surface area contributed by atoms with E-state index in [0.717, 1.165) is 45.4 Å². The molecule has 8 heteroatoms. The number of aromatic nitrogens is 3. The van der Waals surface area contributed by atoms with Gasteiger partial charge < -0.3 is 10.1 Å². The Labute approximate surface area is 220 Å². The van der Waals surface area contributed by atoms with Crippen molar-refractivity contribution >= 4 is 39.3 Å². The summed E-state index contributed by atoms with van der Waals surface area (Å²) in [5.41, 5.74) is 4.34. The minimum atomic E-state index is -0.0620. The number of hydrogen-bond acceptors (Lipinski definition) is 5. The maximum absolute atomic E-state index is 12.8. The van der Waals surface area contributed by atoms with Crippen LogP contribution in [0.1, 0.15) is 56.1 Å². The number of aryl methyl sites for hydroxylation is 2. The average Bonchev–Trinajstić information content (AvgIpc) is 3.23. The lowest BCUT2D eigenvalue weighted by Gasteiger charge is -2.15. The lowest BCUT2D eigenvalue weighted by Crippen LogP contribution is -2.17. The number of carbonyl (C=O) groups is 1. The van der Waals surface area contributed by atoms with Crippen LogP contribution in [0.2, 0.25) is 0 Å². The number of allylic oxidation sites excluding steroid dienone is 1. The first kappa shape index (κ1) is 27.0. The van der Waals surface area contributed by atoms with Gasteiger partial charge in [0, 0.05) is 16.7 Å². The third-order valence-electron chi connectivity index (χ3n) is 5.65. The fourth-order valence-corrected chi connectivity index (χ4v) is 4.94. The lowest BCUT2D eigenvalue weighted by atomic mass is 10.0. The number of benzene rings is 2. The second-order valence-corrected chi connectivity index (χ2v) is 10.3. The SMILES string of the molecule is C=CCn1c(COc2ccc(Br)cc2C(C)C)nnc1SCC(=O)Nc1c(CC)cccc1CC. The van der Waals surface area contributed by atoms with Crippen LogP contribution in [0.4, 0.5) is 5.69 Å². The van der Waals surface area contributed by atoms with Crippen LogP contribution < -0.4 is 10.1 Å². The fourth-order valence-electron chi connectivity index (χ4n) is 3.80. The van der Waals surface area contributed by atoms with Crippen molar-refractivity contribution in [3.05, 3.63) is 76.0 Å². The van der Waals surface area contributed by atoms with E-state index >= 15 is 0 Å². The Balaban J connectivity index is 1.70. The minimum Gasteiger partial charge on any atom is -0.485 e. The van der Waals surface area contributed by atoms with Crippen molar-refractivity contribution in [2.75, 3.05) is 11.1 Å². The first-order valence-corrected chi connectivity index (χ1v) is 13.6. The molecule has 35 heavy (non-hydrogen) atoms. The summed E-state index contributed by atoms with van der Waals surface area (Å²) in [6, 6.07) is 12.2. The van der Waals surface area contributed by atoms with E-state index in [2.05, 4.69) is 83.9 Å². The molecule has 0 unspecified atom stereocenters. The largest absolute Gasteiger partial charge is 0.485 e. The van der Waals surface area contributed by atoms with Crippen LogP contribution in [-0.4, -0.2) is 26.4 Å². The van der Waals surface area contributed by atoms with Crippen LogP contribution in [0.25, 0.3) is 0 Å². The Hall–Kier alpha value is -2.58. The summed E-state index contributed by atoms with van der Waals surface area (Å²) in [7, 11) is 0. The normalized spacial score (nSPS) is 11.0. The number of anilines is 1. The molecule has 0 saturated heterocycles. The highest BCUT2D eigenvalue weighted by Crippen LogP contribution is 2.30. The minimum absolute atomic E-state index is 0.0620. The molecule has 1 amide bonds. The van der Waals surface area contributed by atoms with E-state index in [1.165, 1.54) is 11.8 Å². The Kier molecular flexibility index (Phi) is 9.98. The average molecular weight is 558 g/mol. The summed E-state index contributed by atoms with van der Waals surface area (Å²) in [6.07, 6.45) is 3.52. The molecule has 2 aromatic carbocycles. The van der Waals surface area contributed by atoms with E-state index in [9.17, 15) is 4.79 Å². The van der Waals surface area contributed by atoms with Crippen LogP contribution in [0.15, 0.2) is 58.7 Å². The van der Waals surface area contributed by atoms with Crippen molar-refractivity contribution in [3.63, 3.8) is 0 Å². The van der Waals surface area contributed by atoms with Crippen LogP contribution in [-0.2, 0) is 30.8 Å². The molecule has 186 valence electrons. The molecule has 6 nitrogen and oxygen atoms in total. The second-order valence-electron chi connectivity index (χ2n) is 8.42. The Morgan fingerprint density at radius 2 is 1.91 bits per heavy atom. The summed E-state index contributed by atoms with van der Waals surface area (Å²) >= 11 is 4.89. The highest BCUT2D eigenvalue weighted by atomic mass is 79.9. The number of nitrogens with one attached hydrogen (secondary N) is 1. The second kappa shape index (κ2) is 12.9. The van der Waals surface area contributed by atoms with Gasteiger partial charge >= 0.3 is 0 Å². The molecule has 0 atom stereocenters. The summed E-state index contributed by atoms with van der Waals surface area (Å²) in [4.78, 5) is 12.8. The van der Waals surface area contributed by atoms with Crippen LogP contribution in [0.3, 0.4) is 0 Å². The number of rotatable bonds is 12. The molecule has 1 N–H and O–H groups in total. The molecule has 1 aromatic heterocycles. The van der Waals surface area contributed by atoms with Crippen molar-refractivity contribution in [1.29, 1.82) is 0 Å². The molecule has 0 fully saturated rings. The van der Waals surface area contributed by atoms with Crippen molar-refractivity contribution in [1.82, 2.24) is 14.8 Å². The highest BCUT2D eigenvalue weighted by molar-refractivity contribution is 9.10. The molecule has 3 aromatic rings. The summed E-state index contributed by atoms with van der Waals surface area (Å²) in [5.74, 6) is 2.01. The molecule has 0 aliphatic carbocycles. The predicted octanol–water partition coefficient (Wildman–Crippen LogP) is 6.78. The van der Waals surface area contributed by atoms with Gasteiger partial charge in [-0.05, 0) is 53.6 Å². The molecule has 0 aliphatic heterocycles. The topological polar surface area (TPSA) is 69.0 Å². The van der Waals surface area contributed by atoms with Crippen LogP contribution >= 0.6 is 27.7 Å². The summed E-state index contributed by atoms with van der Waals surface area (Å²) in [6.45, 7) is 13.1. The molecular formula is C27H33BrN4O2S. The van der Waals surface area contributed by atoms with Gasteiger partial charge in [-0.2, -0.15) is 0 Å². The van der Waals surface area contributed by atoms with Crippen molar-refractivity contribution in [2.24, 2.45) is 0 Å². The zero-order chi connectivity index (χ0) is 25.4. The highest BCUT2D eigenvalue weighted by Gasteiger charge is 2.17. The first-order chi connectivity index (χ1) is 16.9. The van der Waals surface area contributed by atoms with E-state index in [-0.39, 0.29) is 18.3 Å². The lowest BCUT2D eigenvalue weighted by molar-refractivity contribution is -0.113. The van der Waals surface area contributed by atoms with Gasteiger partial charge in [0.2, 0.25) is 5.91 Å². The van der Waals surface area contributed by atoms with Gasteiger partial charge in [-0.1, -0.05) is 79.7 Å². The summed E-state index contributed by atoms with van der Waals surface area (Å²) in [5, 5.41) is 12.4. The van der Waals surface area contributed by atoms with Gasteiger partial charge in [-0.3, -0.25) is 9.36 Å². The molecule has 0 saturated carbocycles. The monoisotopic (exact) mass is 556 g/mol. The Morgan fingerprint density at radius 3 is 2.54 bits per heavy atom. The number of halogens is 1. The molecule has 0 aliphatic rings.